The van der Waals surface area contributed by atoms with Gasteiger partial charge in [-0.05, 0) is 37.1 Å². The summed E-state index contributed by atoms with van der Waals surface area (Å²) < 4.78 is 13.2. The summed E-state index contributed by atoms with van der Waals surface area (Å²) in [5.74, 6) is -0.414. The number of likely N-dealkylation sites (tertiary alicyclic amines) is 1. The van der Waals surface area contributed by atoms with Crippen LogP contribution in [-0.2, 0) is 22.6 Å². The lowest BCUT2D eigenvalue weighted by molar-refractivity contribution is -0.407. The lowest BCUT2D eigenvalue weighted by Crippen LogP contribution is -2.68. The van der Waals surface area contributed by atoms with Gasteiger partial charge in [-0.1, -0.05) is 0 Å². The maximum absolute atomic E-state index is 13.2. The average molecular weight is 443 g/mol. The Morgan fingerprint density at radius 2 is 2.10 bits per heavy atom. The zero-order valence-corrected chi connectivity index (χ0v) is 18.0. The van der Waals surface area contributed by atoms with Crippen LogP contribution >= 0.6 is 11.3 Å². The molecular formula is C22H25FN5O2S+. The Morgan fingerprint density at radius 3 is 2.84 bits per heavy atom. The molecule has 0 spiro atoms. The molecule has 1 fully saturated rings. The fraction of sp³-hybridized carbons (Fsp3) is 0.455. The third-order valence-corrected chi connectivity index (χ3v) is 7.05. The van der Waals surface area contributed by atoms with Crippen LogP contribution < -0.4 is 5.73 Å². The summed E-state index contributed by atoms with van der Waals surface area (Å²) >= 11 is 1.53. The molecule has 2 aromatic rings. The Kier molecular flexibility index (Phi) is 6.30. The molecule has 2 aliphatic heterocycles. The maximum atomic E-state index is 13.2. The third kappa shape index (κ3) is 4.60. The minimum Gasteiger partial charge on any atom is -0.347 e. The zero-order chi connectivity index (χ0) is 22.0. The van der Waals surface area contributed by atoms with Crippen molar-refractivity contribution in [2.45, 2.75) is 50.7 Å². The quantitative estimate of drug-likeness (QED) is 0.761. The predicted molar refractivity (Wildman–Crippen MR) is 113 cm³/mol. The van der Waals surface area contributed by atoms with Crippen LogP contribution in [0.3, 0.4) is 0 Å². The molecule has 7 nitrogen and oxygen atoms in total. The van der Waals surface area contributed by atoms with Gasteiger partial charge in [0.2, 0.25) is 5.91 Å². The summed E-state index contributed by atoms with van der Waals surface area (Å²) in [6, 6.07) is 7.55. The van der Waals surface area contributed by atoms with E-state index in [2.05, 4.69) is 16.8 Å². The molecule has 31 heavy (non-hydrogen) atoms. The Labute approximate surface area is 184 Å². The van der Waals surface area contributed by atoms with E-state index in [9.17, 15) is 19.2 Å². The molecule has 0 aliphatic carbocycles. The average Bonchev–Trinajstić information content (AvgIpc) is 3.43. The first kappa shape index (κ1) is 21.4. The van der Waals surface area contributed by atoms with Gasteiger partial charge in [0.1, 0.15) is 16.9 Å². The molecule has 3 heterocycles. The van der Waals surface area contributed by atoms with Crippen molar-refractivity contribution in [2.75, 3.05) is 13.1 Å². The Hall–Kier alpha value is -2.83. The van der Waals surface area contributed by atoms with E-state index in [1.807, 2.05) is 0 Å². The van der Waals surface area contributed by atoms with E-state index >= 15 is 0 Å². The Morgan fingerprint density at radius 1 is 1.32 bits per heavy atom. The van der Waals surface area contributed by atoms with Gasteiger partial charge in [0.25, 0.3) is 5.91 Å². The molecule has 0 radical (unpaired) electrons. The molecule has 0 bridgehead atoms. The van der Waals surface area contributed by atoms with Crippen LogP contribution in [0.1, 0.15) is 36.3 Å². The van der Waals surface area contributed by atoms with E-state index in [-0.39, 0.29) is 30.1 Å². The predicted octanol–water partition coefficient (Wildman–Crippen LogP) is 1.74. The maximum Gasteiger partial charge on any atom is 0.281 e. The lowest BCUT2D eigenvalue weighted by atomic mass is 10.1. The van der Waals surface area contributed by atoms with Gasteiger partial charge < -0.3 is 15.5 Å². The van der Waals surface area contributed by atoms with Crippen molar-refractivity contribution >= 4 is 23.2 Å². The Balaban J connectivity index is 1.33. The normalized spacial score (nSPS) is 19.1. The van der Waals surface area contributed by atoms with E-state index in [1.54, 1.807) is 21.9 Å². The van der Waals surface area contributed by atoms with Crippen LogP contribution in [0.2, 0.25) is 0 Å². The fourth-order valence-electron chi connectivity index (χ4n) is 4.10. The van der Waals surface area contributed by atoms with Crippen LogP contribution in [0.15, 0.2) is 24.3 Å². The SMILES string of the molecule is N#C[C@@H]1CCCN1C(=O)[C@@H]([NH3+])CCC(=O)N1CCc2nc(-c3ccc(F)cc3)sc2C1. The van der Waals surface area contributed by atoms with E-state index in [4.69, 9.17) is 0 Å². The molecule has 1 aromatic heterocycles. The van der Waals surface area contributed by atoms with Gasteiger partial charge in [-0.2, -0.15) is 5.26 Å². The number of hydrogen-bond donors (Lipinski definition) is 1. The number of carbonyl (C=O) groups is 2. The number of rotatable bonds is 5. The number of carbonyl (C=O) groups excluding carboxylic acids is 2. The molecule has 9 heteroatoms. The van der Waals surface area contributed by atoms with Crippen LogP contribution in [0.5, 0.6) is 0 Å². The van der Waals surface area contributed by atoms with Crippen molar-refractivity contribution in [3.8, 4) is 16.6 Å². The van der Waals surface area contributed by atoms with Gasteiger partial charge in [0.05, 0.1) is 18.3 Å². The van der Waals surface area contributed by atoms with Crippen LogP contribution in [0.25, 0.3) is 10.6 Å². The second-order valence-electron chi connectivity index (χ2n) is 8.02. The van der Waals surface area contributed by atoms with Crippen molar-refractivity contribution in [3.05, 3.63) is 40.7 Å². The van der Waals surface area contributed by atoms with Gasteiger partial charge in [-0.3, -0.25) is 9.59 Å². The van der Waals surface area contributed by atoms with Crippen LogP contribution in [0.4, 0.5) is 4.39 Å². The number of amides is 2. The number of fused-ring (bicyclic) bond motifs is 1. The molecule has 4 rings (SSSR count). The van der Waals surface area contributed by atoms with E-state index in [1.165, 1.54) is 23.5 Å². The minimum atomic E-state index is -0.522. The number of nitriles is 1. The van der Waals surface area contributed by atoms with Gasteiger partial charge in [0.15, 0.2) is 6.04 Å². The third-order valence-electron chi connectivity index (χ3n) is 5.92. The van der Waals surface area contributed by atoms with E-state index in [0.717, 1.165) is 27.6 Å². The number of aromatic nitrogens is 1. The first-order valence-electron chi connectivity index (χ1n) is 10.5. The second kappa shape index (κ2) is 9.12. The van der Waals surface area contributed by atoms with Crippen molar-refractivity contribution in [2.24, 2.45) is 0 Å². The summed E-state index contributed by atoms with van der Waals surface area (Å²) in [6.45, 7) is 1.69. The van der Waals surface area contributed by atoms with Crippen LogP contribution in [-0.4, -0.2) is 51.8 Å². The molecular weight excluding hydrogens is 417 g/mol. The largest absolute Gasteiger partial charge is 0.347 e. The highest BCUT2D eigenvalue weighted by Crippen LogP contribution is 2.32. The number of halogens is 1. The first-order chi connectivity index (χ1) is 15.0. The van der Waals surface area contributed by atoms with E-state index in [0.29, 0.717) is 38.9 Å². The molecule has 0 saturated carbocycles. The number of nitrogens with zero attached hydrogens (tertiary/aromatic N) is 4. The van der Waals surface area contributed by atoms with Crippen molar-refractivity contribution < 1.29 is 19.7 Å². The van der Waals surface area contributed by atoms with Crippen molar-refractivity contribution in [1.82, 2.24) is 14.8 Å². The molecule has 1 saturated heterocycles. The van der Waals surface area contributed by atoms with Gasteiger partial charge >= 0.3 is 0 Å². The molecule has 162 valence electrons. The fourth-order valence-corrected chi connectivity index (χ4v) is 5.23. The van der Waals surface area contributed by atoms with Crippen molar-refractivity contribution in [3.63, 3.8) is 0 Å². The number of thiazole rings is 1. The van der Waals surface area contributed by atoms with Gasteiger partial charge in [0, 0.05) is 42.8 Å². The molecule has 1 aromatic carbocycles. The summed E-state index contributed by atoms with van der Waals surface area (Å²) in [5, 5.41) is 10.0. The standard InChI is InChI=1S/C22H24FN5O2S/c23-15-5-3-14(4-6-15)21-26-18-9-11-27(13-19(18)31-21)20(29)8-7-17(25)22(30)28-10-1-2-16(28)12-24/h3-6,16-17H,1-2,7-11,13,25H2/p+1/t16-,17-/m0/s1. The summed E-state index contributed by atoms with van der Waals surface area (Å²) in [7, 11) is 0. The molecule has 0 unspecified atom stereocenters. The highest BCUT2D eigenvalue weighted by Gasteiger charge is 2.34. The summed E-state index contributed by atoms with van der Waals surface area (Å²) in [4.78, 5) is 34.5. The number of benzene rings is 1. The smallest absolute Gasteiger partial charge is 0.281 e. The van der Waals surface area contributed by atoms with Gasteiger partial charge in [-0.15, -0.1) is 11.3 Å². The molecule has 3 N–H and O–H groups in total. The first-order valence-corrected chi connectivity index (χ1v) is 11.3. The highest BCUT2D eigenvalue weighted by molar-refractivity contribution is 7.15. The summed E-state index contributed by atoms with van der Waals surface area (Å²) in [5.41, 5.74) is 5.81. The van der Waals surface area contributed by atoms with Gasteiger partial charge in [-0.25, -0.2) is 9.37 Å². The van der Waals surface area contributed by atoms with Crippen LogP contribution in [0, 0.1) is 17.1 Å². The second-order valence-corrected chi connectivity index (χ2v) is 9.10. The number of quaternary nitrogens is 1. The topological polar surface area (TPSA) is 105 Å². The lowest BCUT2D eigenvalue weighted by Gasteiger charge is -2.27. The monoisotopic (exact) mass is 442 g/mol. The Bertz CT molecular complexity index is 1020. The highest BCUT2D eigenvalue weighted by atomic mass is 32.1. The minimum absolute atomic E-state index is 0.00193. The molecule has 2 atom stereocenters. The van der Waals surface area contributed by atoms with Crippen molar-refractivity contribution in [1.29, 1.82) is 5.26 Å². The summed E-state index contributed by atoms with van der Waals surface area (Å²) in [6.07, 6.45) is 2.85. The number of hydrogen-bond acceptors (Lipinski definition) is 5. The van der Waals surface area contributed by atoms with E-state index < -0.39 is 6.04 Å². The molecule has 2 aliphatic rings. The zero-order valence-electron chi connectivity index (χ0n) is 17.2. The molecule has 2 amide bonds.